The lowest BCUT2D eigenvalue weighted by Gasteiger charge is -2.19. The van der Waals surface area contributed by atoms with E-state index in [0.29, 0.717) is 11.6 Å². The molecule has 0 amide bonds. The number of benzene rings is 8. The lowest BCUT2D eigenvalue weighted by molar-refractivity contribution is 0.669. The molecule has 1 aliphatic rings. The predicted octanol–water partition coefficient (Wildman–Crippen LogP) is 13.1. The summed E-state index contributed by atoms with van der Waals surface area (Å²) in [5, 5.41) is 6.92. The summed E-state index contributed by atoms with van der Waals surface area (Å²) in [6, 6.07) is 59.9. The van der Waals surface area contributed by atoms with E-state index in [4.69, 9.17) is 19.4 Å². The van der Waals surface area contributed by atoms with Gasteiger partial charge in [0, 0.05) is 27.8 Å². The Morgan fingerprint density at radius 3 is 2.02 bits per heavy atom. The lowest BCUT2D eigenvalue weighted by atomic mass is 9.89. The van der Waals surface area contributed by atoms with Crippen LogP contribution in [0.25, 0.3) is 94.6 Å². The first kappa shape index (κ1) is 31.4. The van der Waals surface area contributed by atoms with Gasteiger partial charge in [0.2, 0.25) is 0 Å². The molecule has 2 aromatic heterocycles. The molecule has 55 heavy (non-hydrogen) atoms. The highest BCUT2D eigenvalue weighted by molar-refractivity contribution is 6.16. The fraction of sp³-hybridized carbons (Fsp3) is 0.0392. The van der Waals surface area contributed by atoms with Crippen LogP contribution >= 0.6 is 0 Å². The first-order valence-corrected chi connectivity index (χ1v) is 18.8. The van der Waals surface area contributed by atoms with Gasteiger partial charge in [-0.1, -0.05) is 164 Å². The Balaban J connectivity index is 1.06. The Kier molecular flexibility index (Phi) is 7.27. The topological polar surface area (TPSA) is 51.8 Å². The molecule has 1 aliphatic carbocycles. The third-order valence-corrected chi connectivity index (χ3v) is 11.1. The van der Waals surface area contributed by atoms with Gasteiger partial charge in [0.15, 0.2) is 11.6 Å². The largest absolute Gasteiger partial charge is 0.456 e. The van der Waals surface area contributed by atoms with Crippen molar-refractivity contribution in [3.8, 4) is 45.0 Å². The lowest BCUT2D eigenvalue weighted by Crippen LogP contribution is -2.12. The fourth-order valence-corrected chi connectivity index (χ4v) is 8.31. The minimum atomic E-state index is 0.0183. The van der Waals surface area contributed by atoms with Crippen molar-refractivity contribution in [2.24, 2.45) is 0 Å². The van der Waals surface area contributed by atoms with Crippen LogP contribution in [0.4, 0.5) is 0 Å². The van der Waals surface area contributed by atoms with Gasteiger partial charge in [-0.05, 0) is 79.5 Å². The van der Waals surface area contributed by atoms with Gasteiger partial charge in [-0.15, -0.1) is 0 Å². The maximum Gasteiger partial charge on any atom is 0.164 e. The van der Waals surface area contributed by atoms with Crippen molar-refractivity contribution in [3.05, 3.63) is 193 Å². The van der Waals surface area contributed by atoms with Gasteiger partial charge in [0.1, 0.15) is 17.0 Å². The van der Waals surface area contributed by atoms with E-state index in [2.05, 4.69) is 170 Å². The number of rotatable bonds is 5. The predicted molar refractivity (Wildman–Crippen MR) is 226 cm³/mol. The van der Waals surface area contributed by atoms with E-state index < -0.39 is 0 Å². The van der Waals surface area contributed by atoms with Crippen LogP contribution in [0.2, 0.25) is 0 Å². The van der Waals surface area contributed by atoms with E-state index in [-0.39, 0.29) is 5.92 Å². The maximum absolute atomic E-state index is 6.28. The van der Waals surface area contributed by atoms with E-state index >= 15 is 0 Å². The minimum Gasteiger partial charge on any atom is -0.456 e. The molecule has 4 heteroatoms. The molecule has 1 unspecified atom stereocenters. The third kappa shape index (κ3) is 5.42. The number of nitrogens with zero attached hydrogens (tertiary/aromatic N) is 3. The number of furan rings is 1. The van der Waals surface area contributed by atoms with Crippen LogP contribution < -0.4 is 0 Å². The first-order valence-electron chi connectivity index (χ1n) is 18.8. The van der Waals surface area contributed by atoms with E-state index in [1.54, 1.807) is 0 Å². The van der Waals surface area contributed by atoms with Gasteiger partial charge < -0.3 is 4.42 Å². The normalized spacial score (nSPS) is 13.9. The van der Waals surface area contributed by atoms with Crippen molar-refractivity contribution in [1.29, 1.82) is 0 Å². The molecule has 0 N–H and O–H groups in total. The van der Waals surface area contributed by atoms with Gasteiger partial charge in [-0.3, -0.25) is 0 Å². The van der Waals surface area contributed by atoms with Crippen molar-refractivity contribution in [3.63, 3.8) is 0 Å². The summed E-state index contributed by atoms with van der Waals surface area (Å²) < 4.78 is 6.28. The Labute approximate surface area is 318 Å². The highest BCUT2D eigenvalue weighted by Gasteiger charge is 2.22. The van der Waals surface area contributed by atoms with Crippen molar-refractivity contribution in [1.82, 2.24) is 15.0 Å². The van der Waals surface area contributed by atoms with Crippen molar-refractivity contribution in [2.75, 3.05) is 0 Å². The zero-order valence-electron chi connectivity index (χ0n) is 29.9. The van der Waals surface area contributed by atoms with Crippen LogP contribution in [0.1, 0.15) is 22.9 Å². The van der Waals surface area contributed by atoms with Crippen LogP contribution in [0.3, 0.4) is 0 Å². The van der Waals surface area contributed by atoms with Crippen molar-refractivity contribution in [2.45, 2.75) is 12.3 Å². The van der Waals surface area contributed by atoms with Crippen LogP contribution in [-0.2, 0) is 6.42 Å². The van der Waals surface area contributed by atoms with E-state index in [1.807, 2.05) is 12.1 Å². The molecule has 258 valence electrons. The standard InChI is InChI=1S/C51H33N3O/c1-3-12-36-30-38(28-24-32(36)10-1)34-22-26-35(27-23-34)49-52-50(39-29-25-33-11-2-4-13-37(33)31-39)54-51(53-49)44-19-8-15-40-41(16-7-17-42(40)44)43-18-9-21-47-48(43)45-14-5-6-20-46(45)55-47/h1-30,39H,31H2. The van der Waals surface area contributed by atoms with Gasteiger partial charge in [0.05, 0.1) is 0 Å². The zero-order chi connectivity index (χ0) is 36.3. The summed E-state index contributed by atoms with van der Waals surface area (Å²) in [4.78, 5) is 15.7. The number of hydrogen-bond acceptors (Lipinski definition) is 4. The fourth-order valence-electron chi connectivity index (χ4n) is 8.31. The van der Waals surface area contributed by atoms with Crippen LogP contribution in [0.5, 0.6) is 0 Å². The molecule has 0 spiro atoms. The summed E-state index contributed by atoms with van der Waals surface area (Å²) in [5.74, 6) is 2.12. The summed E-state index contributed by atoms with van der Waals surface area (Å²) in [5.41, 5.74) is 10.9. The SMILES string of the molecule is C1=CC(c2nc(-c3ccc(-c4ccc5ccccc5c4)cc3)nc(-c3cccc4c(-c5cccc6oc7ccccc7c56)cccc34)n2)Cc2ccccc21. The first-order chi connectivity index (χ1) is 27.2. The highest BCUT2D eigenvalue weighted by atomic mass is 16.3. The smallest absolute Gasteiger partial charge is 0.164 e. The molecule has 2 heterocycles. The second-order valence-corrected chi connectivity index (χ2v) is 14.3. The summed E-state index contributed by atoms with van der Waals surface area (Å²) in [7, 11) is 0. The van der Waals surface area contributed by atoms with Crippen LogP contribution in [0, 0.1) is 0 Å². The highest BCUT2D eigenvalue weighted by Crippen LogP contribution is 2.41. The summed E-state index contributed by atoms with van der Waals surface area (Å²) >= 11 is 0. The molecule has 1 atom stereocenters. The monoisotopic (exact) mass is 703 g/mol. The molecule has 8 aromatic carbocycles. The van der Waals surface area contributed by atoms with Crippen LogP contribution in [0.15, 0.2) is 180 Å². The van der Waals surface area contributed by atoms with Gasteiger partial charge >= 0.3 is 0 Å². The summed E-state index contributed by atoms with van der Waals surface area (Å²) in [6.07, 6.45) is 5.28. The maximum atomic E-state index is 6.28. The molecule has 10 aromatic rings. The molecule has 0 fully saturated rings. The Morgan fingerprint density at radius 2 is 1.11 bits per heavy atom. The molecule has 0 aliphatic heterocycles. The second kappa shape index (κ2) is 12.8. The average Bonchev–Trinajstić information content (AvgIpc) is 3.65. The number of aromatic nitrogens is 3. The van der Waals surface area contributed by atoms with Gasteiger partial charge in [-0.25, -0.2) is 15.0 Å². The quantitative estimate of drug-likeness (QED) is 0.179. The van der Waals surface area contributed by atoms with E-state index in [1.165, 1.54) is 27.5 Å². The van der Waals surface area contributed by atoms with Gasteiger partial charge in [0.25, 0.3) is 0 Å². The molecule has 0 radical (unpaired) electrons. The molecular formula is C51H33N3O. The van der Waals surface area contributed by atoms with Crippen molar-refractivity contribution >= 4 is 49.6 Å². The number of fused-ring (bicyclic) bond motifs is 6. The molecule has 11 rings (SSSR count). The molecule has 0 saturated carbocycles. The van der Waals surface area contributed by atoms with Crippen molar-refractivity contribution < 1.29 is 4.42 Å². The van der Waals surface area contributed by atoms with E-state index in [0.717, 1.165) is 72.8 Å². The molecular weight excluding hydrogens is 671 g/mol. The Morgan fingerprint density at radius 1 is 0.455 bits per heavy atom. The number of hydrogen-bond donors (Lipinski definition) is 0. The Bertz CT molecular complexity index is 3140. The summed E-state index contributed by atoms with van der Waals surface area (Å²) in [6.45, 7) is 0. The number of allylic oxidation sites excluding steroid dienone is 1. The average molecular weight is 704 g/mol. The molecule has 0 saturated heterocycles. The minimum absolute atomic E-state index is 0.0183. The Hall–Kier alpha value is -7.17. The molecule has 0 bridgehead atoms. The number of para-hydroxylation sites is 1. The van der Waals surface area contributed by atoms with Crippen LogP contribution in [-0.4, -0.2) is 15.0 Å². The zero-order valence-corrected chi connectivity index (χ0v) is 29.9. The molecule has 4 nitrogen and oxygen atoms in total. The third-order valence-electron chi connectivity index (χ3n) is 11.1. The van der Waals surface area contributed by atoms with Gasteiger partial charge in [-0.2, -0.15) is 0 Å². The van der Waals surface area contributed by atoms with E-state index in [9.17, 15) is 0 Å². The second-order valence-electron chi connectivity index (χ2n) is 14.3.